The third-order valence-electron chi connectivity index (χ3n) is 4.73. The van der Waals surface area contributed by atoms with Crippen molar-refractivity contribution < 1.29 is 9.59 Å². The van der Waals surface area contributed by atoms with Crippen LogP contribution in [0.3, 0.4) is 0 Å². The number of hydrogen-bond acceptors (Lipinski definition) is 3. The lowest BCUT2D eigenvalue weighted by atomic mass is 10.1. The largest absolute Gasteiger partial charge is 0.339 e. The first-order valence-electron chi connectivity index (χ1n) is 10.1. The average molecular weight is 360 g/mol. The Balaban J connectivity index is 1.96. The summed E-state index contributed by atoms with van der Waals surface area (Å²) < 4.78 is 0. The molecule has 0 unspecified atom stereocenters. The first-order valence-corrected chi connectivity index (χ1v) is 10.1. The summed E-state index contributed by atoms with van der Waals surface area (Å²) >= 11 is 0. The maximum Gasteiger partial charge on any atom is 0.253 e. The summed E-state index contributed by atoms with van der Waals surface area (Å²) in [6, 6.07) is 7.30. The maximum atomic E-state index is 12.7. The predicted octanol–water partition coefficient (Wildman–Crippen LogP) is 3.76. The highest BCUT2D eigenvalue weighted by Gasteiger charge is 2.16. The standard InChI is InChI=1S/C21H33N3O2/c1-3-12-24(13-4-2)21(26)18-10-9-11-19(16-18)22-20(25)17-23-14-7-5-6-8-15-23/h9-11,16H,3-8,12-15,17H2,1-2H3,(H,22,25). The van der Waals surface area contributed by atoms with Gasteiger partial charge >= 0.3 is 0 Å². The molecule has 26 heavy (non-hydrogen) atoms. The second kappa shape index (κ2) is 11.0. The van der Waals surface area contributed by atoms with Crippen LogP contribution in [-0.4, -0.2) is 54.3 Å². The van der Waals surface area contributed by atoms with E-state index < -0.39 is 0 Å². The minimum atomic E-state index is -0.00419. The molecule has 2 amide bonds. The van der Waals surface area contributed by atoms with E-state index in [-0.39, 0.29) is 11.8 Å². The van der Waals surface area contributed by atoms with Gasteiger partial charge < -0.3 is 10.2 Å². The van der Waals surface area contributed by atoms with Crippen LogP contribution in [0.4, 0.5) is 5.69 Å². The molecule has 1 N–H and O–H groups in total. The molecule has 0 atom stereocenters. The minimum Gasteiger partial charge on any atom is -0.339 e. The van der Waals surface area contributed by atoms with E-state index in [0.29, 0.717) is 17.8 Å². The van der Waals surface area contributed by atoms with Crippen LogP contribution in [-0.2, 0) is 4.79 Å². The number of anilines is 1. The summed E-state index contributed by atoms with van der Waals surface area (Å²) in [4.78, 5) is 29.2. The molecule has 1 heterocycles. The molecule has 0 spiro atoms. The number of benzene rings is 1. The van der Waals surface area contributed by atoms with Crippen molar-refractivity contribution in [2.24, 2.45) is 0 Å². The molecule has 0 saturated carbocycles. The lowest BCUT2D eigenvalue weighted by Gasteiger charge is -2.22. The summed E-state index contributed by atoms with van der Waals surface area (Å²) in [6.45, 7) is 8.10. The van der Waals surface area contributed by atoms with E-state index in [9.17, 15) is 9.59 Å². The van der Waals surface area contributed by atoms with Crippen LogP contribution >= 0.6 is 0 Å². The first-order chi connectivity index (χ1) is 12.6. The summed E-state index contributed by atoms with van der Waals surface area (Å²) in [5.41, 5.74) is 1.34. The van der Waals surface area contributed by atoms with Gasteiger partial charge in [0.15, 0.2) is 0 Å². The molecule has 1 aliphatic heterocycles. The smallest absolute Gasteiger partial charge is 0.253 e. The molecule has 0 radical (unpaired) electrons. The van der Waals surface area contributed by atoms with Crippen molar-refractivity contribution in [3.63, 3.8) is 0 Å². The van der Waals surface area contributed by atoms with Gasteiger partial charge in [-0.15, -0.1) is 0 Å². The molecular weight excluding hydrogens is 326 g/mol. The average Bonchev–Trinajstić information content (AvgIpc) is 2.89. The molecule has 1 aromatic carbocycles. The van der Waals surface area contributed by atoms with E-state index >= 15 is 0 Å². The molecule has 5 heteroatoms. The number of carbonyl (C=O) groups excluding carboxylic acids is 2. The van der Waals surface area contributed by atoms with Crippen molar-refractivity contribution in [2.45, 2.75) is 52.4 Å². The molecule has 1 fully saturated rings. The quantitative estimate of drug-likeness (QED) is 0.769. The Morgan fingerprint density at radius 1 is 1.04 bits per heavy atom. The fourth-order valence-electron chi connectivity index (χ4n) is 3.47. The Hall–Kier alpha value is -1.88. The Morgan fingerprint density at radius 2 is 1.69 bits per heavy atom. The van der Waals surface area contributed by atoms with E-state index in [1.807, 2.05) is 23.1 Å². The highest BCUT2D eigenvalue weighted by Crippen LogP contribution is 2.14. The van der Waals surface area contributed by atoms with Gasteiger partial charge in [-0.25, -0.2) is 0 Å². The predicted molar refractivity (Wildman–Crippen MR) is 106 cm³/mol. The highest BCUT2D eigenvalue weighted by atomic mass is 16.2. The number of nitrogens with zero attached hydrogens (tertiary/aromatic N) is 2. The zero-order chi connectivity index (χ0) is 18.8. The molecule has 1 saturated heterocycles. The second-order valence-electron chi connectivity index (χ2n) is 7.11. The van der Waals surface area contributed by atoms with Gasteiger partial charge in [-0.2, -0.15) is 0 Å². The van der Waals surface area contributed by atoms with Crippen LogP contribution in [0, 0.1) is 0 Å². The van der Waals surface area contributed by atoms with Crippen LogP contribution in [0.15, 0.2) is 24.3 Å². The monoisotopic (exact) mass is 359 g/mol. The van der Waals surface area contributed by atoms with Crippen molar-refractivity contribution >= 4 is 17.5 Å². The number of likely N-dealkylation sites (tertiary alicyclic amines) is 1. The number of amides is 2. The molecule has 0 aromatic heterocycles. The second-order valence-corrected chi connectivity index (χ2v) is 7.11. The van der Waals surface area contributed by atoms with E-state index in [2.05, 4.69) is 24.1 Å². The topological polar surface area (TPSA) is 52.7 Å². The van der Waals surface area contributed by atoms with Crippen LogP contribution in [0.25, 0.3) is 0 Å². The van der Waals surface area contributed by atoms with Crippen LogP contribution in [0.5, 0.6) is 0 Å². The zero-order valence-electron chi connectivity index (χ0n) is 16.3. The third kappa shape index (κ3) is 6.45. The van der Waals surface area contributed by atoms with Gasteiger partial charge in [0.1, 0.15) is 0 Å². The molecular formula is C21H33N3O2. The van der Waals surface area contributed by atoms with Gasteiger partial charge in [0.25, 0.3) is 5.91 Å². The van der Waals surface area contributed by atoms with E-state index in [1.54, 1.807) is 6.07 Å². The van der Waals surface area contributed by atoms with Crippen LogP contribution in [0.1, 0.15) is 62.7 Å². The van der Waals surface area contributed by atoms with Crippen LogP contribution in [0.2, 0.25) is 0 Å². The number of nitrogens with one attached hydrogen (secondary N) is 1. The minimum absolute atomic E-state index is 0.00419. The first kappa shape index (κ1) is 20.4. The van der Waals surface area contributed by atoms with Crippen LogP contribution < -0.4 is 5.32 Å². The normalized spacial score (nSPS) is 15.3. The lowest BCUT2D eigenvalue weighted by molar-refractivity contribution is -0.117. The molecule has 1 aromatic rings. The molecule has 0 bridgehead atoms. The number of hydrogen-bond donors (Lipinski definition) is 1. The molecule has 0 aliphatic carbocycles. The summed E-state index contributed by atoms with van der Waals surface area (Å²) in [6.07, 6.45) is 6.74. The molecule has 5 nitrogen and oxygen atoms in total. The van der Waals surface area contributed by atoms with Gasteiger partial charge in [-0.3, -0.25) is 14.5 Å². The Morgan fingerprint density at radius 3 is 2.31 bits per heavy atom. The van der Waals surface area contributed by atoms with Crippen molar-refractivity contribution in [3.05, 3.63) is 29.8 Å². The van der Waals surface area contributed by atoms with E-state index in [1.165, 1.54) is 25.7 Å². The van der Waals surface area contributed by atoms with Crippen molar-refractivity contribution in [3.8, 4) is 0 Å². The van der Waals surface area contributed by atoms with Crippen molar-refractivity contribution in [1.29, 1.82) is 0 Å². The maximum absolute atomic E-state index is 12.7. The fourth-order valence-corrected chi connectivity index (χ4v) is 3.47. The summed E-state index contributed by atoms with van der Waals surface area (Å²) in [7, 11) is 0. The number of carbonyl (C=O) groups is 2. The lowest BCUT2D eigenvalue weighted by Crippen LogP contribution is -2.34. The summed E-state index contributed by atoms with van der Waals surface area (Å²) in [5.74, 6) is 0.0350. The van der Waals surface area contributed by atoms with Gasteiger partial charge in [0.2, 0.25) is 5.91 Å². The number of rotatable bonds is 8. The van der Waals surface area contributed by atoms with E-state index in [4.69, 9.17) is 0 Å². The zero-order valence-corrected chi connectivity index (χ0v) is 16.3. The molecule has 144 valence electrons. The van der Waals surface area contributed by atoms with E-state index in [0.717, 1.165) is 39.0 Å². The Labute approximate surface area is 157 Å². The van der Waals surface area contributed by atoms with Gasteiger partial charge in [0.05, 0.1) is 6.54 Å². The Bertz CT molecular complexity index is 574. The molecule has 1 aliphatic rings. The van der Waals surface area contributed by atoms with Gasteiger partial charge in [-0.1, -0.05) is 32.8 Å². The highest BCUT2D eigenvalue weighted by molar-refractivity contribution is 5.97. The van der Waals surface area contributed by atoms with Gasteiger partial charge in [0, 0.05) is 24.3 Å². The summed E-state index contributed by atoms with van der Waals surface area (Å²) in [5, 5.41) is 2.96. The third-order valence-corrected chi connectivity index (χ3v) is 4.73. The fraction of sp³-hybridized carbons (Fsp3) is 0.619. The van der Waals surface area contributed by atoms with Crippen molar-refractivity contribution in [2.75, 3.05) is 38.0 Å². The van der Waals surface area contributed by atoms with Crippen molar-refractivity contribution in [1.82, 2.24) is 9.80 Å². The SMILES string of the molecule is CCCN(CCC)C(=O)c1cccc(NC(=O)CN2CCCCCC2)c1. The van der Waals surface area contributed by atoms with Gasteiger partial charge in [-0.05, 0) is 57.0 Å². The molecule has 2 rings (SSSR count). The Kier molecular flexibility index (Phi) is 8.62.